The van der Waals surface area contributed by atoms with E-state index in [1.807, 2.05) is 0 Å². The van der Waals surface area contributed by atoms with Gasteiger partial charge in [-0.15, -0.1) is 0 Å². The first-order valence-corrected chi connectivity index (χ1v) is 9.05. The Morgan fingerprint density at radius 2 is 2.05 bits per heavy atom. The minimum absolute atomic E-state index is 0.635. The number of rotatable bonds is 7. The van der Waals surface area contributed by atoms with E-state index in [4.69, 9.17) is 0 Å². The van der Waals surface area contributed by atoms with Crippen LogP contribution in [0.5, 0.6) is 0 Å². The lowest BCUT2D eigenvalue weighted by molar-refractivity contribution is 0.313. The minimum atomic E-state index is 0.635. The molecule has 1 unspecified atom stereocenters. The molecule has 0 amide bonds. The summed E-state index contributed by atoms with van der Waals surface area (Å²) < 4.78 is 1.19. The van der Waals surface area contributed by atoms with Crippen molar-refractivity contribution in [2.75, 3.05) is 6.54 Å². The predicted octanol–water partition coefficient (Wildman–Crippen LogP) is 5.33. The van der Waals surface area contributed by atoms with E-state index >= 15 is 0 Å². The van der Waals surface area contributed by atoms with Gasteiger partial charge in [-0.1, -0.05) is 67.1 Å². The van der Waals surface area contributed by atoms with Gasteiger partial charge in [0.2, 0.25) is 0 Å². The molecule has 20 heavy (non-hydrogen) atoms. The smallest absolute Gasteiger partial charge is 0.0178 e. The van der Waals surface area contributed by atoms with E-state index in [0.717, 1.165) is 18.9 Å². The molecule has 112 valence electrons. The monoisotopic (exact) mass is 337 g/mol. The fourth-order valence-corrected chi connectivity index (χ4v) is 3.87. The summed E-state index contributed by atoms with van der Waals surface area (Å²) >= 11 is 3.57. The second-order valence-corrected chi connectivity index (χ2v) is 7.09. The van der Waals surface area contributed by atoms with E-state index in [2.05, 4.69) is 52.4 Å². The zero-order valence-electron chi connectivity index (χ0n) is 12.7. The third-order valence-corrected chi connectivity index (χ3v) is 5.01. The second kappa shape index (κ2) is 8.84. The Labute approximate surface area is 132 Å². The van der Waals surface area contributed by atoms with Crippen molar-refractivity contribution in [1.29, 1.82) is 0 Å². The first-order chi connectivity index (χ1) is 9.78. The zero-order chi connectivity index (χ0) is 14.2. The second-order valence-electron chi connectivity index (χ2n) is 6.17. The number of hydrogen-bond donors (Lipinski definition) is 1. The Balaban J connectivity index is 1.82. The summed E-state index contributed by atoms with van der Waals surface area (Å²) in [6, 6.07) is 9.38. The van der Waals surface area contributed by atoms with Crippen LogP contribution in [-0.4, -0.2) is 12.6 Å². The molecule has 1 aliphatic rings. The Morgan fingerprint density at radius 1 is 1.25 bits per heavy atom. The molecule has 1 atom stereocenters. The summed E-state index contributed by atoms with van der Waals surface area (Å²) in [5.74, 6) is 0.993. The molecule has 0 radical (unpaired) electrons. The highest BCUT2D eigenvalue weighted by atomic mass is 79.9. The van der Waals surface area contributed by atoms with Crippen LogP contribution in [0.25, 0.3) is 0 Å². The number of likely N-dealkylation sites (N-methyl/N-ethyl adjacent to an activating group) is 1. The molecule has 1 nitrogen and oxygen atoms in total. The third-order valence-electron chi connectivity index (χ3n) is 4.51. The lowest BCUT2D eigenvalue weighted by Crippen LogP contribution is -2.31. The van der Waals surface area contributed by atoms with Crippen LogP contribution in [0.4, 0.5) is 0 Å². The highest BCUT2D eigenvalue weighted by Crippen LogP contribution is 2.28. The van der Waals surface area contributed by atoms with E-state index in [0.29, 0.717) is 6.04 Å². The van der Waals surface area contributed by atoms with Gasteiger partial charge in [-0.25, -0.2) is 0 Å². The molecular formula is C18H28BrN. The highest BCUT2D eigenvalue weighted by Gasteiger charge is 2.16. The van der Waals surface area contributed by atoms with Crippen LogP contribution in [0.3, 0.4) is 0 Å². The molecule has 0 bridgehead atoms. The lowest BCUT2D eigenvalue weighted by Gasteiger charge is -2.25. The molecule has 1 saturated carbocycles. The van der Waals surface area contributed by atoms with Crippen LogP contribution >= 0.6 is 15.9 Å². The maximum Gasteiger partial charge on any atom is 0.0178 e. The van der Waals surface area contributed by atoms with Crippen LogP contribution in [0.1, 0.15) is 57.4 Å². The molecule has 2 rings (SSSR count). The standard InChI is InChI=1S/C18H28BrN/c1-2-20-18(12-11-15-7-4-3-5-8-15)14-16-9-6-10-17(19)13-16/h6,9-10,13,15,18,20H,2-5,7-8,11-12,14H2,1H3. The average molecular weight is 338 g/mol. The molecule has 0 spiro atoms. The van der Waals surface area contributed by atoms with Gasteiger partial charge < -0.3 is 5.32 Å². The fraction of sp³-hybridized carbons (Fsp3) is 0.667. The Kier molecular flexibility index (Phi) is 7.09. The lowest BCUT2D eigenvalue weighted by atomic mass is 9.84. The SMILES string of the molecule is CCNC(CCC1CCCCC1)Cc1cccc(Br)c1. The first kappa shape index (κ1) is 16.0. The van der Waals surface area contributed by atoms with Crippen molar-refractivity contribution in [1.82, 2.24) is 5.32 Å². The summed E-state index contributed by atoms with van der Waals surface area (Å²) in [6.45, 7) is 3.29. The largest absolute Gasteiger partial charge is 0.314 e. The maximum atomic E-state index is 3.67. The summed E-state index contributed by atoms with van der Waals surface area (Å²) in [7, 11) is 0. The summed E-state index contributed by atoms with van der Waals surface area (Å²) in [5, 5.41) is 3.67. The van der Waals surface area contributed by atoms with E-state index in [1.54, 1.807) is 0 Å². The van der Waals surface area contributed by atoms with Gasteiger partial charge in [0.05, 0.1) is 0 Å². The molecule has 0 heterocycles. The Bertz CT molecular complexity index is 385. The molecule has 0 saturated heterocycles. The number of halogens is 1. The van der Waals surface area contributed by atoms with Gasteiger partial charge in [0, 0.05) is 10.5 Å². The average Bonchev–Trinajstić information content (AvgIpc) is 2.46. The molecule has 1 N–H and O–H groups in total. The Hall–Kier alpha value is -0.340. The quantitative estimate of drug-likeness (QED) is 0.708. The predicted molar refractivity (Wildman–Crippen MR) is 91.1 cm³/mol. The van der Waals surface area contributed by atoms with Crippen molar-refractivity contribution in [2.45, 2.75) is 64.3 Å². The van der Waals surface area contributed by atoms with E-state index in [1.165, 1.54) is 55.0 Å². The fourth-order valence-electron chi connectivity index (χ4n) is 3.43. The third kappa shape index (κ3) is 5.57. The highest BCUT2D eigenvalue weighted by molar-refractivity contribution is 9.10. The normalized spacial score (nSPS) is 18.1. The molecule has 1 fully saturated rings. The topological polar surface area (TPSA) is 12.0 Å². The van der Waals surface area contributed by atoms with Gasteiger partial charge in [-0.05, 0) is 49.4 Å². The van der Waals surface area contributed by atoms with E-state index in [-0.39, 0.29) is 0 Å². The molecule has 1 aromatic carbocycles. The van der Waals surface area contributed by atoms with Crippen LogP contribution in [0.15, 0.2) is 28.7 Å². The summed E-state index contributed by atoms with van der Waals surface area (Å²) in [5.41, 5.74) is 1.44. The minimum Gasteiger partial charge on any atom is -0.314 e. The molecule has 1 aliphatic carbocycles. The summed E-state index contributed by atoms with van der Waals surface area (Å²) in [4.78, 5) is 0. The van der Waals surface area contributed by atoms with E-state index < -0.39 is 0 Å². The number of benzene rings is 1. The van der Waals surface area contributed by atoms with Crippen molar-refractivity contribution in [3.63, 3.8) is 0 Å². The van der Waals surface area contributed by atoms with Crippen LogP contribution in [-0.2, 0) is 6.42 Å². The molecule has 0 aromatic heterocycles. The van der Waals surface area contributed by atoms with Crippen LogP contribution in [0.2, 0.25) is 0 Å². The maximum absolute atomic E-state index is 3.67. The van der Waals surface area contributed by atoms with E-state index in [9.17, 15) is 0 Å². The molecular weight excluding hydrogens is 310 g/mol. The Morgan fingerprint density at radius 3 is 2.75 bits per heavy atom. The van der Waals surface area contributed by atoms with Crippen molar-refractivity contribution < 1.29 is 0 Å². The number of nitrogens with one attached hydrogen (secondary N) is 1. The van der Waals surface area contributed by atoms with Gasteiger partial charge in [0.1, 0.15) is 0 Å². The van der Waals surface area contributed by atoms with Crippen molar-refractivity contribution in [2.24, 2.45) is 5.92 Å². The molecule has 1 aromatic rings. The van der Waals surface area contributed by atoms with Gasteiger partial charge >= 0.3 is 0 Å². The van der Waals surface area contributed by atoms with Crippen LogP contribution < -0.4 is 5.32 Å². The van der Waals surface area contributed by atoms with Gasteiger partial charge in [-0.3, -0.25) is 0 Å². The van der Waals surface area contributed by atoms with Crippen molar-refractivity contribution in [3.05, 3.63) is 34.3 Å². The summed E-state index contributed by atoms with van der Waals surface area (Å²) in [6.07, 6.45) is 11.2. The van der Waals surface area contributed by atoms with Crippen LogP contribution in [0, 0.1) is 5.92 Å². The molecule has 0 aliphatic heterocycles. The van der Waals surface area contributed by atoms with Crippen molar-refractivity contribution >= 4 is 15.9 Å². The zero-order valence-corrected chi connectivity index (χ0v) is 14.3. The van der Waals surface area contributed by atoms with Gasteiger partial charge in [0.25, 0.3) is 0 Å². The molecule has 2 heteroatoms. The van der Waals surface area contributed by atoms with Crippen molar-refractivity contribution in [3.8, 4) is 0 Å². The number of hydrogen-bond acceptors (Lipinski definition) is 1. The first-order valence-electron chi connectivity index (χ1n) is 8.25. The van der Waals surface area contributed by atoms with Gasteiger partial charge in [0.15, 0.2) is 0 Å². The van der Waals surface area contributed by atoms with Gasteiger partial charge in [-0.2, -0.15) is 0 Å².